The van der Waals surface area contributed by atoms with Gasteiger partial charge >= 0.3 is 0 Å². The van der Waals surface area contributed by atoms with E-state index in [0.717, 1.165) is 35.5 Å². The molecule has 1 heterocycles. The van der Waals surface area contributed by atoms with E-state index in [4.69, 9.17) is 10.5 Å². The Labute approximate surface area is 143 Å². The molecule has 0 bridgehead atoms. The Morgan fingerprint density at radius 3 is 3.00 bits per heavy atom. The Morgan fingerprint density at radius 1 is 1.48 bits per heavy atom. The van der Waals surface area contributed by atoms with Gasteiger partial charge in [0.15, 0.2) is 5.17 Å². The molecule has 23 heavy (non-hydrogen) atoms. The first kappa shape index (κ1) is 17.4. The molecular formula is C19H24N2OS. The monoisotopic (exact) mass is 328 g/mol. The fraction of sp³-hybridized carbons (Fsp3) is 0.316. The lowest BCUT2D eigenvalue weighted by atomic mass is 9.90. The van der Waals surface area contributed by atoms with Crippen LogP contribution in [0, 0.1) is 0 Å². The van der Waals surface area contributed by atoms with E-state index in [2.05, 4.69) is 37.2 Å². The molecule has 1 aliphatic heterocycles. The molecule has 0 spiro atoms. The first-order valence-corrected chi connectivity index (χ1v) is 8.71. The van der Waals surface area contributed by atoms with Crippen LogP contribution in [0.25, 0.3) is 0 Å². The lowest BCUT2D eigenvalue weighted by Crippen LogP contribution is -2.28. The molecule has 1 aromatic rings. The third kappa shape index (κ3) is 4.76. The first-order valence-electron chi connectivity index (χ1n) is 7.73. The highest BCUT2D eigenvalue weighted by Gasteiger charge is 2.29. The SMILES string of the molecule is C=C/C=C(\C=C)CCOc1cccc(C2(C)CCSC(N)=N2)c1. The Hall–Kier alpha value is -1.94. The number of aliphatic imine (C=N–C) groups is 1. The van der Waals surface area contributed by atoms with Crippen molar-refractivity contribution in [3.63, 3.8) is 0 Å². The number of nitrogens with zero attached hydrogens (tertiary/aromatic N) is 1. The molecule has 0 aliphatic carbocycles. The minimum absolute atomic E-state index is 0.260. The van der Waals surface area contributed by atoms with E-state index in [1.54, 1.807) is 17.8 Å². The zero-order chi connectivity index (χ0) is 16.7. The third-order valence-corrected chi connectivity index (χ3v) is 4.70. The predicted molar refractivity (Wildman–Crippen MR) is 101 cm³/mol. The number of amidine groups is 1. The summed E-state index contributed by atoms with van der Waals surface area (Å²) >= 11 is 1.62. The summed E-state index contributed by atoms with van der Waals surface area (Å²) in [6.07, 6.45) is 7.33. The van der Waals surface area contributed by atoms with Crippen LogP contribution in [0.15, 0.2) is 66.2 Å². The smallest absolute Gasteiger partial charge is 0.154 e. The average molecular weight is 328 g/mol. The highest BCUT2D eigenvalue weighted by Crippen LogP contribution is 2.36. The molecule has 2 rings (SSSR count). The van der Waals surface area contributed by atoms with Crippen molar-refractivity contribution in [2.45, 2.75) is 25.3 Å². The van der Waals surface area contributed by atoms with Gasteiger partial charge in [0.25, 0.3) is 0 Å². The van der Waals surface area contributed by atoms with Crippen LogP contribution >= 0.6 is 11.8 Å². The van der Waals surface area contributed by atoms with Crippen LogP contribution in [-0.4, -0.2) is 17.5 Å². The van der Waals surface area contributed by atoms with E-state index in [1.807, 2.05) is 24.3 Å². The average Bonchev–Trinajstić information content (AvgIpc) is 2.54. The largest absolute Gasteiger partial charge is 0.493 e. The number of allylic oxidation sites excluding steroid dienone is 3. The fourth-order valence-electron chi connectivity index (χ4n) is 2.51. The second kappa shape index (κ2) is 8.06. The predicted octanol–water partition coefficient (Wildman–Crippen LogP) is 4.42. The van der Waals surface area contributed by atoms with E-state index in [9.17, 15) is 0 Å². The second-order valence-corrected chi connectivity index (χ2v) is 6.75. The van der Waals surface area contributed by atoms with Gasteiger partial charge in [-0.2, -0.15) is 0 Å². The van der Waals surface area contributed by atoms with E-state index in [0.29, 0.717) is 11.8 Å². The van der Waals surface area contributed by atoms with Crippen molar-refractivity contribution >= 4 is 16.9 Å². The lowest BCUT2D eigenvalue weighted by Gasteiger charge is -2.30. The van der Waals surface area contributed by atoms with Gasteiger partial charge in [0.1, 0.15) is 5.75 Å². The Balaban J connectivity index is 2.05. The zero-order valence-corrected chi connectivity index (χ0v) is 14.4. The number of hydrogen-bond acceptors (Lipinski definition) is 4. The standard InChI is InChI=1S/C19H24N2OS/c1-4-7-15(5-2)10-12-22-17-9-6-8-16(14-17)19(3)11-13-23-18(20)21-19/h4-9,14H,1-2,10-13H2,3H3,(H2,20,21)/b15-7+. The van der Waals surface area contributed by atoms with Crippen molar-refractivity contribution in [2.75, 3.05) is 12.4 Å². The molecule has 4 heteroatoms. The Morgan fingerprint density at radius 2 is 2.30 bits per heavy atom. The number of hydrogen-bond donors (Lipinski definition) is 1. The maximum absolute atomic E-state index is 5.90. The molecule has 1 aliphatic rings. The summed E-state index contributed by atoms with van der Waals surface area (Å²) in [6.45, 7) is 10.2. The van der Waals surface area contributed by atoms with Crippen LogP contribution in [0.5, 0.6) is 5.75 Å². The highest BCUT2D eigenvalue weighted by atomic mass is 32.2. The van der Waals surface area contributed by atoms with Crippen molar-refractivity contribution in [1.29, 1.82) is 0 Å². The number of ether oxygens (including phenoxy) is 1. The quantitative estimate of drug-likeness (QED) is 0.754. The molecule has 1 aromatic carbocycles. The molecule has 122 valence electrons. The lowest BCUT2D eigenvalue weighted by molar-refractivity contribution is 0.321. The summed E-state index contributed by atoms with van der Waals surface area (Å²) in [7, 11) is 0. The van der Waals surface area contributed by atoms with Gasteiger partial charge in [-0.3, -0.25) is 4.99 Å². The van der Waals surface area contributed by atoms with E-state index in [-0.39, 0.29) is 5.54 Å². The van der Waals surface area contributed by atoms with Gasteiger partial charge in [0.2, 0.25) is 0 Å². The molecule has 0 saturated heterocycles. The minimum Gasteiger partial charge on any atom is -0.493 e. The first-order chi connectivity index (χ1) is 11.1. The number of nitrogens with two attached hydrogens (primary N) is 1. The maximum atomic E-state index is 5.90. The van der Waals surface area contributed by atoms with Gasteiger partial charge in [-0.25, -0.2) is 0 Å². The van der Waals surface area contributed by atoms with Crippen molar-refractivity contribution < 1.29 is 4.74 Å². The van der Waals surface area contributed by atoms with Crippen LogP contribution in [0.2, 0.25) is 0 Å². The second-order valence-electron chi connectivity index (χ2n) is 5.63. The highest BCUT2D eigenvalue weighted by molar-refractivity contribution is 8.13. The number of rotatable bonds is 7. The van der Waals surface area contributed by atoms with Crippen LogP contribution in [-0.2, 0) is 5.54 Å². The number of benzene rings is 1. The molecule has 0 fully saturated rings. The van der Waals surface area contributed by atoms with Gasteiger partial charge in [-0.1, -0.05) is 55.3 Å². The summed E-state index contributed by atoms with van der Waals surface area (Å²) in [6, 6.07) is 8.14. The van der Waals surface area contributed by atoms with Crippen molar-refractivity contribution in [3.8, 4) is 5.75 Å². The molecule has 3 nitrogen and oxygen atoms in total. The molecule has 0 aromatic heterocycles. The van der Waals surface area contributed by atoms with Crippen molar-refractivity contribution in [3.05, 3.63) is 66.8 Å². The van der Waals surface area contributed by atoms with E-state index < -0.39 is 0 Å². The van der Waals surface area contributed by atoms with Crippen LogP contribution < -0.4 is 10.5 Å². The summed E-state index contributed by atoms with van der Waals surface area (Å²) < 4.78 is 5.88. The van der Waals surface area contributed by atoms with E-state index in [1.165, 1.54) is 0 Å². The molecule has 0 amide bonds. The molecule has 0 radical (unpaired) electrons. The fourth-order valence-corrected chi connectivity index (χ4v) is 3.48. The van der Waals surface area contributed by atoms with Crippen LogP contribution in [0.1, 0.15) is 25.3 Å². The van der Waals surface area contributed by atoms with Crippen LogP contribution in [0.4, 0.5) is 0 Å². The number of thioether (sulfide) groups is 1. The molecule has 1 atom stereocenters. The zero-order valence-electron chi connectivity index (χ0n) is 13.6. The summed E-state index contributed by atoms with van der Waals surface area (Å²) in [5.41, 5.74) is 7.90. The summed E-state index contributed by atoms with van der Waals surface area (Å²) in [5.74, 6) is 1.85. The van der Waals surface area contributed by atoms with Crippen LogP contribution in [0.3, 0.4) is 0 Å². The normalized spacial score (nSPS) is 21.4. The van der Waals surface area contributed by atoms with Gasteiger partial charge in [0.05, 0.1) is 12.1 Å². The maximum Gasteiger partial charge on any atom is 0.154 e. The summed E-state index contributed by atoms with van der Waals surface area (Å²) in [5, 5.41) is 0.662. The van der Waals surface area contributed by atoms with Gasteiger partial charge in [-0.15, -0.1) is 0 Å². The van der Waals surface area contributed by atoms with E-state index >= 15 is 0 Å². The van der Waals surface area contributed by atoms with Crippen molar-refractivity contribution in [2.24, 2.45) is 10.7 Å². The third-order valence-electron chi connectivity index (χ3n) is 3.91. The summed E-state index contributed by atoms with van der Waals surface area (Å²) in [4.78, 5) is 4.64. The molecule has 1 unspecified atom stereocenters. The Kier molecular flexibility index (Phi) is 6.11. The van der Waals surface area contributed by atoms with Gasteiger partial charge in [-0.05, 0) is 36.6 Å². The Bertz CT molecular complexity index is 636. The van der Waals surface area contributed by atoms with Gasteiger partial charge in [0, 0.05) is 12.2 Å². The molecular weight excluding hydrogens is 304 g/mol. The topological polar surface area (TPSA) is 47.6 Å². The minimum atomic E-state index is -0.260. The van der Waals surface area contributed by atoms with Gasteiger partial charge < -0.3 is 10.5 Å². The van der Waals surface area contributed by atoms with Crippen molar-refractivity contribution in [1.82, 2.24) is 0 Å². The molecule has 0 saturated carbocycles. The molecule has 2 N–H and O–H groups in total.